The minimum atomic E-state index is -1.11. The summed E-state index contributed by atoms with van der Waals surface area (Å²) >= 11 is 0. The molecule has 2 heterocycles. The lowest BCUT2D eigenvalue weighted by Crippen LogP contribution is -2.21. The van der Waals surface area contributed by atoms with Crippen molar-refractivity contribution in [1.29, 1.82) is 0 Å². The third-order valence-corrected chi connectivity index (χ3v) is 2.83. The van der Waals surface area contributed by atoms with Crippen molar-refractivity contribution < 1.29 is 14.3 Å². The molecule has 0 aliphatic carbocycles. The standard InChI is InChI=1S/C13H13NO4/c1-8-4-3-5-12(15)14(8)7-10-6-11(13(16)17)18-9(10)2/h3-6H,7H2,1-2H3,(H,16,17). The Hall–Kier alpha value is -2.30. The molecular weight excluding hydrogens is 234 g/mol. The molecule has 2 aromatic rings. The minimum Gasteiger partial charge on any atom is -0.475 e. The van der Waals surface area contributed by atoms with Crippen LogP contribution in [-0.2, 0) is 6.54 Å². The first-order chi connectivity index (χ1) is 8.49. The van der Waals surface area contributed by atoms with Gasteiger partial charge in [0.25, 0.3) is 5.56 Å². The van der Waals surface area contributed by atoms with Gasteiger partial charge in [0.2, 0.25) is 5.76 Å². The van der Waals surface area contributed by atoms with Crippen molar-refractivity contribution in [2.75, 3.05) is 0 Å². The number of aromatic nitrogens is 1. The van der Waals surface area contributed by atoms with Gasteiger partial charge < -0.3 is 14.1 Å². The van der Waals surface area contributed by atoms with E-state index >= 15 is 0 Å². The monoisotopic (exact) mass is 247 g/mol. The molecule has 5 nitrogen and oxygen atoms in total. The molecule has 0 saturated carbocycles. The summed E-state index contributed by atoms with van der Waals surface area (Å²) in [5.41, 5.74) is 1.40. The van der Waals surface area contributed by atoms with Gasteiger partial charge in [0.05, 0.1) is 6.54 Å². The summed E-state index contributed by atoms with van der Waals surface area (Å²) in [6.45, 7) is 3.83. The topological polar surface area (TPSA) is 72.4 Å². The van der Waals surface area contributed by atoms with Crippen molar-refractivity contribution in [3.63, 3.8) is 0 Å². The molecule has 94 valence electrons. The van der Waals surface area contributed by atoms with Crippen LogP contribution in [0.3, 0.4) is 0 Å². The smallest absolute Gasteiger partial charge is 0.371 e. The molecule has 5 heteroatoms. The Morgan fingerprint density at radius 1 is 1.39 bits per heavy atom. The minimum absolute atomic E-state index is 0.107. The van der Waals surface area contributed by atoms with Crippen molar-refractivity contribution in [2.45, 2.75) is 20.4 Å². The lowest BCUT2D eigenvalue weighted by atomic mass is 10.2. The van der Waals surface area contributed by atoms with Crippen LogP contribution in [0.2, 0.25) is 0 Å². The molecule has 0 aliphatic heterocycles. The number of hydrogen-bond acceptors (Lipinski definition) is 3. The molecule has 0 spiro atoms. The third kappa shape index (κ3) is 2.20. The lowest BCUT2D eigenvalue weighted by Gasteiger charge is -2.07. The number of nitrogens with zero attached hydrogens (tertiary/aromatic N) is 1. The first-order valence-corrected chi connectivity index (χ1v) is 5.48. The SMILES string of the molecule is Cc1oc(C(=O)O)cc1Cn1c(C)cccc1=O. The maximum Gasteiger partial charge on any atom is 0.371 e. The van der Waals surface area contributed by atoms with E-state index < -0.39 is 5.97 Å². The molecule has 1 N–H and O–H groups in total. The lowest BCUT2D eigenvalue weighted by molar-refractivity contribution is 0.0661. The zero-order chi connectivity index (χ0) is 13.3. The van der Waals surface area contributed by atoms with Crippen LogP contribution in [0, 0.1) is 13.8 Å². The number of aromatic carboxylic acids is 1. The van der Waals surface area contributed by atoms with Gasteiger partial charge in [0.15, 0.2) is 0 Å². The van der Waals surface area contributed by atoms with Crippen LogP contribution in [0.1, 0.15) is 27.6 Å². The number of carboxylic acid groups (broad SMARTS) is 1. The van der Waals surface area contributed by atoms with E-state index in [1.165, 1.54) is 12.1 Å². The first kappa shape index (κ1) is 12.2. The molecule has 0 saturated heterocycles. The van der Waals surface area contributed by atoms with Gasteiger partial charge in [0.1, 0.15) is 5.76 Å². The fourth-order valence-corrected chi connectivity index (χ4v) is 1.78. The maximum absolute atomic E-state index is 11.7. The van der Waals surface area contributed by atoms with Crippen molar-refractivity contribution in [2.24, 2.45) is 0 Å². The van der Waals surface area contributed by atoms with E-state index in [9.17, 15) is 9.59 Å². The van der Waals surface area contributed by atoms with Crippen LogP contribution in [-0.4, -0.2) is 15.6 Å². The highest BCUT2D eigenvalue weighted by Crippen LogP contribution is 2.16. The predicted molar refractivity (Wildman–Crippen MR) is 64.9 cm³/mol. The number of hydrogen-bond donors (Lipinski definition) is 1. The number of rotatable bonds is 3. The fourth-order valence-electron chi connectivity index (χ4n) is 1.78. The molecule has 0 fully saturated rings. The summed E-state index contributed by atoms with van der Waals surface area (Å²) in [6.07, 6.45) is 0. The Labute approximate surface area is 103 Å². The van der Waals surface area contributed by atoms with Crippen LogP contribution in [0.4, 0.5) is 0 Å². The van der Waals surface area contributed by atoms with Crippen LogP contribution < -0.4 is 5.56 Å². The quantitative estimate of drug-likeness (QED) is 0.897. The van der Waals surface area contributed by atoms with E-state index in [0.29, 0.717) is 17.9 Å². The van der Waals surface area contributed by atoms with Gasteiger partial charge >= 0.3 is 5.97 Å². The number of pyridine rings is 1. The molecule has 0 radical (unpaired) electrons. The van der Waals surface area contributed by atoms with E-state index in [4.69, 9.17) is 9.52 Å². The van der Waals surface area contributed by atoms with Gasteiger partial charge in [0, 0.05) is 17.3 Å². The molecule has 0 unspecified atom stereocenters. The number of carboxylic acids is 1. The predicted octanol–water partition coefficient (Wildman–Crippen LogP) is 1.80. The Kier molecular flexibility index (Phi) is 3.06. The summed E-state index contributed by atoms with van der Waals surface area (Å²) in [5, 5.41) is 8.84. The Morgan fingerprint density at radius 3 is 2.67 bits per heavy atom. The first-order valence-electron chi connectivity index (χ1n) is 5.48. The zero-order valence-electron chi connectivity index (χ0n) is 10.1. The number of furan rings is 1. The van der Waals surface area contributed by atoms with E-state index in [1.54, 1.807) is 17.6 Å². The van der Waals surface area contributed by atoms with Crippen molar-refractivity contribution in [3.05, 3.63) is 57.4 Å². The number of aryl methyl sites for hydroxylation is 2. The average Bonchev–Trinajstić information content (AvgIpc) is 2.66. The van der Waals surface area contributed by atoms with E-state index in [1.807, 2.05) is 13.0 Å². The molecule has 0 amide bonds. The Morgan fingerprint density at radius 2 is 2.11 bits per heavy atom. The highest BCUT2D eigenvalue weighted by atomic mass is 16.4. The highest BCUT2D eigenvalue weighted by Gasteiger charge is 2.14. The van der Waals surface area contributed by atoms with Crippen molar-refractivity contribution >= 4 is 5.97 Å². The molecule has 0 aromatic carbocycles. The molecular formula is C13H13NO4. The molecule has 2 rings (SSSR count). The van der Waals surface area contributed by atoms with Crippen molar-refractivity contribution in [3.8, 4) is 0 Å². The van der Waals surface area contributed by atoms with E-state index in [2.05, 4.69) is 0 Å². The van der Waals surface area contributed by atoms with Gasteiger partial charge in [-0.25, -0.2) is 4.79 Å². The van der Waals surface area contributed by atoms with Gasteiger partial charge in [-0.1, -0.05) is 6.07 Å². The largest absolute Gasteiger partial charge is 0.475 e. The van der Waals surface area contributed by atoms with Crippen molar-refractivity contribution in [1.82, 2.24) is 4.57 Å². The van der Waals surface area contributed by atoms with Crippen LogP contribution in [0.15, 0.2) is 33.5 Å². The Balaban J connectivity index is 2.40. The van der Waals surface area contributed by atoms with Gasteiger partial charge in [-0.15, -0.1) is 0 Å². The number of carbonyl (C=O) groups is 1. The summed E-state index contributed by atoms with van der Waals surface area (Å²) < 4.78 is 6.69. The molecule has 18 heavy (non-hydrogen) atoms. The van der Waals surface area contributed by atoms with Crippen LogP contribution in [0.25, 0.3) is 0 Å². The Bertz CT molecular complexity index is 651. The second-order valence-electron chi connectivity index (χ2n) is 4.09. The summed E-state index contributed by atoms with van der Waals surface area (Å²) in [4.78, 5) is 22.5. The van der Waals surface area contributed by atoms with Crippen LogP contribution in [0.5, 0.6) is 0 Å². The normalized spacial score (nSPS) is 10.6. The zero-order valence-corrected chi connectivity index (χ0v) is 10.1. The second kappa shape index (κ2) is 4.52. The van der Waals surface area contributed by atoms with E-state index in [-0.39, 0.29) is 11.3 Å². The fraction of sp³-hybridized carbons (Fsp3) is 0.231. The molecule has 2 aromatic heterocycles. The second-order valence-corrected chi connectivity index (χ2v) is 4.09. The summed E-state index contributed by atoms with van der Waals surface area (Å²) in [5.74, 6) is -0.701. The molecule has 0 aliphatic rings. The van der Waals surface area contributed by atoms with Gasteiger partial charge in [-0.05, 0) is 26.0 Å². The van der Waals surface area contributed by atoms with Gasteiger partial charge in [-0.3, -0.25) is 4.79 Å². The maximum atomic E-state index is 11.7. The average molecular weight is 247 g/mol. The highest BCUT2D eigenvalue weighted by molar-refractivity contribution is 5.84. The van der Waals surface area contributed by atoms with Crippen LogP contribution >= 0.6 is 0 Å². The summed E-state index contributed by atoms with van der Waals surface area (Å²) in [7, 11) is 0. The molecule has 0 atom stereocenters. The van der Waals surface area contributed by atoms with E-state index in [0.717, 1.165) is 5.69 Å². The molecule has 0 bridgehead atoms. The van der Waals surface area contributed by atoms with Gasteiger partial charge in [-0.2, -0.15) is 0 Å². The summed E-state index contributed by atoms with van der Waals surface area (Å²) in [6, 6.07) is 6.45. The third-order valence-electron chi connectivity index (χ3n) is 2.83.